The van der Waals surface area contributed by atoms with Gasteiger partial charge in [0.05, 0.1) is 19.3 Å². The van der Waals surface area contributed by atoms with Crippen molar-refractivity contribution in [3.63, 3.8) is 0 Å². The van der Waals surface area contributed by atoms with Crippen LogP contribution in [0.3, 0.4) is 0 Å². The molecule has 0 fully saturated rings. The van der Waals surface area contributed by atoms with Gasteiger partial charge in [-0.3, -0.25) is 0 Å². The molecule has 2 aromatic rings. The maximum Gasteiger partial charge on any atom is 0.163 e. The van der Waals surface area contributed by atoms with Crippen LogP contribution in [0.2, 0.25) is 0 Å². The molecule has 0 bridgehead atoms. The third-order valence-corrected chi connectivity index (χ3v) is 4.97. The second-order valence-corrected chi connectivity index (χ2v) is 6.32. The molecule has 21 heavy (non-hydrogen) atoms. The maximum absolute atomic E-state index is 5.75. The lowest BCUT2D eigenvalue weighted by Crippen LogP contribution is -2.09. The van der Waals surface area contributed by atoms with Crippen molar-refractivity contribution in [3.8, 4) is 11.5 Å². The first-order chi connectivity index (χ1) is 10.4. The lowest BCUT2D eigenvalue weighted by Gasteiger charge is -2.16. The van der Waals surface area contributed by atoms with E-state index in [-0.39, 0.29) is 0 Å². The third-order valence-electron chi connectivity index (χ3n) is 3.79. The van der Waals surface area contributed by atoms with E-state index in [0.717, 1.165) is 42.6 Å². The van der Waals surface area contributed by atoms with E-state index in [1.807, 2.05) is 23.9 Å². The van der Waals surface area contributed by atoms with E-state index < -0.39 is 0 Å². The maximum atomic E-state index is 5.75. The molecular weight excluding hydrogens is 282 g/mol. The quantitative estimate of drug-likeness (QED) is 0.904. The third kappa shape index (κ3) is 2.56. The van der Waals surface area contributed by atoms with Crippen LogP contribution >= 0.6 is 11.8 Å². The Morgan fingerprint density at radius 3 is 2.81 bits per heavy atom. The zero-order valence-electron chi connectivity index (χ0n) is 11.7. The van der Waals surface area contributed by atoms with E-state index in [4.69, 9.17) is 9.47 Å². The first-order valence-corrected chi connectivity index (χ1v) is 8.26. The molecule has 1 N–H and O–H groups in total. The lowest BCUT2D eigenvalue weighted by atomic mass is 10.1. The average molecular weight is 299 g/mol. The van der Waals surface area contributed by atoms with E-state index in [1.165, 1.54) is 10.5 Å². The Labute approximate surface area is 128 Å². The predicted molar refractivity (Wildman–Crippen MR) is 85.6 cm³/mol. The molecule has 0 amide bonds. The molecule has 0 spiro atoms. The molecule has 2 aliphatic rings. The Morgan fingerprint density at radius 1 is 1.00 bits per heavy atom. The first-order valence-electron chi connectivity index (χ1n) is 7.28. The van der Waals surface area contributed by atoms with Gasteiger partial charge in [-0.25, -0.2) is 0 Å². The zero-order chi connectivity index (χ0) is 14.1. The fraction of sp³-hybridized carbons (Fsp3) is 0.294. The van der Waals surface area contributed by atoms with Gasteiger partial charge in [0.25, 0.3) is 0 Å². The Hall–Kier alpha value is -1.81. The first kappa shape index (κ1) is 12.9. The fourth-order valence-corrected chi connectivity index (χ4v) is 3.90. The number of anilines is 1. The highest BCUT2D eigenvalue weighted by molar-refractivity contribution is 7.99. The van der Waals surface area contributed by atoms with Crippen LogP contribution in [0.4, 0.5) is 5.69 Å². The molecule has 1 unspecified atom stereocenters. The minimum absolute atomic E-state index is 0.357. The summed E-state index contributed by atoms with van der Waals surface area (Å²) in [7, 11) is 0. The Balaban J connectivity index is 1.57. The van der Waals surface area contributed by atoms with Crippen molar-refractivity contribution in [2.75, 3.05) is 24.3 Å². The summed E-state index contributed by atoms with van der Waals surface area (Å²) in [5.41, 5.74) is 2.47. The van der Waals surface area contributed by atoms with Gasteiger partial charge in [0.2, 0.25) is 0 Å². The van der Waals surface area contributed by atoms with Crippen molar-refractivity contribution < 1.29 is 9.47 Å². The van der Waals surface area contributed by atoms with Crippen molar-refractivity contribution in [1.29, 1.82) is 0 Å². The van der Waals surface area contributed by atoms with E-state index >= 15 is 0 Å². The smallest absolute Gasteiger partial charge is 0.163 e. The zero-order valence-corrected chi connectivity index (χ0v) is 12.5. The van der Waals surface area contributed by atoms with Gasteiger partial charge < -0.3 is 14.8 Å². The summed E-state index contributed by atoms with van der Waals surface area (Å²) in [6.07, 6.45) is 0.935. The van der Waals surface area contributed by atoms with Crippen molar-refractivity contribution in [3.05, 3.63) is 48.0 Å². The Morgan fingerprint density at radius 2 is 1.86 bits per heavy atom. The van der Waals surface area contributed by atoms with Crippen molar-refractivity contribution >= 4 is 17.4 Å². The molecule has 2 heterocycles. The molecule has 3 nitrogen and oxygen atoms in total. The summed E-state index contributed by atoms with van der Waals surface area (Å²) in [5, 5.41) is 3.61. The van der Waals surface area contributed by atoms with Crippen LogP contribution in [0.15, 0.2) is 47.4 Å². The SMILES string of the molecule is c1ccc2c(c1)SCC2Nc1ccc2c(c1)OCCCO2. The summed E-state index contributed by atoms with van der Waals surface area (Å²) in [6, 6.07) is 15.1. The molecule has 2 aromatic carbocycles. The van der Waals surface area contributed by atoms with Crippen LogP contribution in [-0.2, 0) is 0 Å². The topological polar surface area (TPSA) is 30.5 Å². The van der Waals surface area contributed by atoms with E-state index in [9.17, 15) is 0 Å². The monoisotopic (exact) mass is 299 g/mol. The standard InChI is InChI=1S/C17H17NO2S/c1-2-5-17-13(4-1)14(11-21-17)18-12-6-7-15-16(10-12)20-9-3-8-19-15/h1-2,4-7,10,14,18H,3,8-9,11H2. The van der Waals surface area contributed by atoms with Crippen molar-refractivity contribution in [2.24, 2.45) is 0 Å². The van der Waals surface area contributed by atoms with Crippen LogP contribution in [0, 0.1) is 0 Å². The Kier molecular flexibility index (Phi) is 3.39. The summed E-state index contributed by atoms with van der Waals surface area (Å²) in [6.45, 7) is 1.45. The molecule has 0 radical (unpaired) electrons. The Bertz CT molecular complexity index is 659. The molecule has 108 valence electrons. The van der Waals surface area contributed by atoms with Crippen LogP contribution in [0.5, 0.6) is 11.5 Å². The van der Waals surface area contributed by atoms with E-state index in [0.29, 0.717) is 6.04 Å². The number of nitrogens with one attached hydrogen (secondary N) is 1. The predicted octanol–water partition coefficient (Wildman–Crippen LogP) is 4.11. The number of thioether (sulfide) groups is 1. The molecule has 0 aromatic heterocycles. The lowest BCUT2D eigenvalue weighted by molar-refractivity contribution is 0.297. The second kappa shape index (κ2) is 5.53. The van der Waals surface area contributed by atoms with Crippen molar-refractivity contribution in [2.45, 2.75) is 17.4 Å². The van der Waals surface area contributed by atoms with Gasteiger partial charge >= 0.3 is 0 Å². The number of fused-ring (bicyclic) bond motifs is 2. The van der Waals surface area contributed by atoms with Gasteiger partial charge in [-0.05, 0) is 23.8 Å². The highest BCUT2D eigenvalue weighted by Gasteiger charge is 2.22. The average Bonchev–Trinajstić information content (AvgIpc) is 2.77. The van der Waals surface area contributed by atoms with Crippen LogP contribution in [0.25, 0.3) is 0 Å². The molecule has 2 aliphatic heterocycles. The van der Waals surface area contributed by atoms with Gasteiger partial charge in [0.1, 0.15) is 0 Å². The molecular formula is C17H17NO2S. The highest BCUT2D eigenvalue weighted by Crippen LogP contribution is 2.40. The second-order valence-electron chi connectivity index (χ2n) is 5.26. The molecule has 1 atom stereocenters. The number of rotatable bonds is 2. The van der Waals surface area contributed by atoms with E-state index in [1.54, 1.807) is 0 Å². The minimum Gasteiger partial charge on any atom is -0.490 e. The number of hydrogen-bond acceptors (Lipinski definition) is 4. The summed E-state index contributed by atoms with van der Waals surface area (Å²) >= 11 is 1.91. The highest BCUT2D eigenvalue weighted by atomic mass is 32.2. The number of hydrogen-bond donors (Lipinski definition) is 1. The van der Waals surface area contributed by atoms with Crippen LogP contribution in [-0.4, -0.2) is 19.0 Å². The minimum atomic E-state index is 0.357. The van der Waals surface area contributed by atoms with Crippen LogP contribution < -0.4 is 14.8 Å². The van der Waals surface area contributed by atoms with Crippen LogP contribution in [0.1, 0.15) is 18.0 Å². The number of benzene rings is 2. The molecule has 0 saturated heterocycles. The molecule has 4 rings (SSSR count). The van der Waals surface area contributed by atoms with Gasteiger partial charge in [-0.15, -0.1) is 11.8 Å². The van der Waals surface area contributed by atoms with E-state index in [2.05, 4.69) is 35.6 Å². The molecule has 0 saturated carbocycles. The van der Waals surface area contributed by atoms with Gasteiger partial charge in [-0.1, -0.05) is 18.2 Å². The normalized spacial score (nSPS) is 19.7. The van der Waals surface area contributed by atoms with Gasteiger partial charge in [0, 0.05) is 28.8 Å². The van der Waals surface area contributed by atoms with Gasteiger partial charge in [0.15, 0.2) is 11.5 Å². The largest absolute Gasteiger partial charge is 0.490 e. The van der Waals surface area contributed by atoms with Gasteiger partial charge in [-0.2, -0.15) is 0 Å². The fourth-order valence-electron chi connectivity index (χ4n) is 2.74. The van der Waals surface area contributed by atoms with Crippen molar-refractivity contribution in [1.82, 2.24) is 0 Å². The number of ether oxygens (including phenoxy) is 2. The molecule has 0 aliphatic carbocycles. The summed E-state index contributed by atoms with van der Waals surface area (Å²) < 4.78 is 11.4. The summed E-state index contributed by atoms with van der Waals surface area (Å²) in [4.78, 5) is 1.38. The molecule has 4 heteroatoms. The summed E-state index contributed by atoms with van der Waals surface area (Å²) in [5.74, 6) is 2.75.